The van der Waals surface area contributed by atoms with Crippen molar-refractivity contribution >= 4 is 44.6 Å². The molecule has 18 heavy (non-hydrogen) atoms. The minimum atomic E-state index is 0.137. The second kappa shape index (κ2) is 6.06. The predicted octanol–water partition coefficient (Wildman–Crippen LogP) is 4.58. The number of thiophene rings is 1. The van der Waals surface area contributed by atoms with Crippen molar-refractivity contribution in [1.82, 2.24) is 0 Å². The third-order valence-corrected chi connectivity index (χ3v) is 5.06. The molecule has 0 aliphatic heterocycles. The highest BCUT2D eigenvalue weighted by Crippen LogP contribution is 2.30. The third kappa shape index (κ3) is 3.06. The summed E-state index contributed by atoms with van der Waals surface area (Å²) >= 11 is 11.1. The molecular formula is C13H14BrClN2S. The fraction of sp³-hybridized carbons (Fsp3) is 0.231. The lowest BCUT2D eigenvalue weighted by Gasteiger charge is -2.18. The van der Waals surface area contributed by atoms with E-state index >= 15 is 0 Å². The SMILES string of the molecule is Cc1ccsc1C(CN)Nc1ccc(Cl)c(Br)c1. The van der Waals surface area contributed by atoms with Crippen LogP contribution in [0.25, 0.3) is 0 Å². The van der Waals surface area contributed by atoms with Crippen LogP contribution in [0.4, 0.5) is 5.69 Å². The molecule has 0 saturated heterocycles. The number of hydrogen-bond acceptors (Lipinski definition) is 3. The topological polar surface area (TPSA) is 38.0 Å². The van der Waals surface area contributed by atoms with Gasteiger partial charge in [-0.3, -0.25) is 0 Å². The Morgan fingerprint density at radius 1 is 1.44 bits per heavy atom. The van der Waals surface area contributed by atoms with Gasteiger partial charge in [-0.2, -0.15) is 0 Å². The van der Waals surface area contributed by atoms with Crippen LogP contribution >= 0.6 is 38.9 Å². The van der Waals surface area contributed by atoms with Gasteiger partial charge in [-0.25, -0.2) is 0 Å². The second-order valence-electron chi connectivity index (χ2n) is 4.03. The Hall–Kier alpha value is -0.550. The lowest BCUT2D eigenvalue weighted by Crippen LogP contribution is -2.20. The molecule has 0 aliphatic carbocycles. The van der Waals surface area contributed by atoms with Gasteiger partial charge < -0.3 is 11.1 Å². The van der Waals surface area contributed by atoms with Crippen molar-refractivity contribution in [2.24, 2.45) is 5.73 Å². The standard InChI is InChI=1S/C13H14BrClN2S/c1-8-4-5-18-13(8)12(7-16)17-9-2-3-11(15)10(14)6-9/h2-6,12,17H,7,16H2,1H3. The van der Waals surface area contributed by atoms with Gasteiger partial charge in [0.1, 0.15) is 0 Å². The van der Waals surface area contributed by atoms with E-state index < -0.39 is 0 Å². The molecule has 0 radical (unpaired) electrons. The fourth-order valence-electron chi connectivity index (χ4n) is 1.76. The number of nitrogens with two attached hydrogens (primary N) is 1. The molecule has 96 valence electrons. The number of halogens is 2. The van der Waals surface area contributed by atoms with E-state index in [1.807, 2.05) is 18.2 Å². The molecule has 5 heteroatoms. The van der Waals surface area contributed by atoms with Crippen molar-refractivity contribution < 1.29 is 0 Å². The second-order valence-corrected chi connectivity index (χ2v) is 6.24. The summed E-state index contributed by atoms with van der Waals surface area (Å²) in [6.07, 6.45) is 0. The van der Waals surface area contributed by atoms with E-state index in [9.17, 15) is 0 Å². The summed E-state index contributed by atoms with van der Waals surface area (Å²) in [4.78, 5) is 1.28. The molecular weight excluding hydrogens is 332 g/mol. The fourth-order valence-corrected chi connectivity index (χ4v) is 3.25. The molecule has 1 unspecified atom stereocenters. The summed E-state index contributed by atoms with van der Waals surface area (Å²) in [6, 6.07) is 8.04. The zero-order valence-electron chi connectivity index (χ0n) is 9.91. The maximum atomic E-state index is 5.98. The molecule has 0 aliphatic rings. The number of aryl methyl sites for hydroxylation is 1. The van der Waals surface area contributed by atoms with Gasteiger partial charge in [0.05, 0.1) is 11.1 Å². The van der Waals surface area contributed by atoms with Gasteiger partial charge in [-0.1, -0.05) is 11.6 Å². The molecule has 0 saturated carbocycles. The summed E-state index contributed by atoms with van der Waals surface area (Å²) in [5.41, 5.74) is 8.14. The molecule has 3 N–H and O–H groups in total. The Labute approximate surface area is 124 Å². The van der Waals surface area contributed by atoms with E-state index in [1.54, 1.807) is 11.3 Å². The van der Waals surface area contributed by atoms with Crippen molar-refractivity contribution in [3.05, 3.63) is 49.6 Å². The van der Waals surface area contributed by atoms with Crippen LogP contribution in [0.2, 0.25) is 5.02 Å². The van der Waals surface area contributed by atoms with E-state index in [-0.39, 0.29) is 6.04 Å². The summed E-state index contributed by atoms with van der Waals surface area (Å²) in [5, 5.41) is 6.23. The smallest absolute Gasteiger partial charge is 0.0731 e. The first kappa shape index (κ1) is 13.9. The molecule has 1 aromatic carbocycles. The summed E-state index contributed by atoms with van der Waals surface area (Å²) < 4.78 is 0.882. The molecule has 2 rings (SSSR count). The van der Waals surface area contributed by atoms with Crippen LogP contribution < -0.4 is 11.1 Å². The minimum absolute atomic E-state index is 0.137. The van der Waals surface area contributed by atoms with Crippen molar-refractivity contribution in [3.8, 4) is 0 Å². The highest BCUT2D eigenvalue weighted by molar-refractivity contribution is 9.10. The Kier molecular flexibility index (Phi) is 4.67. The van der Waals surface area contributed by atoms with E-state index in [1.165, 1.54) is 10.4 Å². The third-order valence-electron chi connectivity index (χ3n) is 2.71. The van der Waals surface area contributed by atoms with E-state index in [4.69, 9.17) is 17.3 Å². The lowest BCUT2D eigenvalue weighted by atomic mass is 10.1. The molecule has 2 nitrogen and oxygen atoms in total. The maximum Gasteiger partial charge on any atom is 0.0731 e. The molecule has 2 aromatic rings. The van der Waals surface area contributed by atoms with Gasteiger partial charge in [-0.05, 0) is 58.1 Å². The number of benzene rings is 1. The van der Waals surface area contributed by atoms with Gasteiger partial charge in [0.25, 0.3) is 0 Å². The normalized spacial score (nSPS) is 12.4. The summed E-state index contributed by atoms with van der Waals surface area (Å²) in [6.45, 7) is 2.66. The van der Waals surface area contributed by atoms with Gasteiger partial charge in [-0.15, -0.1) is 11.3 Å². The van der Waals surface area contributed by atoms with Crippen LogP contribution in [0.1, 0.15) is 16.5 Å². The van der Waals surface area contributed by atoms with Crippen molar-refractivity contribution in [2.75, 3.05) is 11.9 Å². The summed E-state index contributed by atoms with van der Waals surface area (Å²) in [7, 11) is 0. The quantitative estimate of drug-likeness (QED) is 0.851. The first-order valence-corrected chi connectivity index (χ1v) is 7.62. The molecule has 1 heterocycles. The minimum Gasteiger partial charge on any atom is -0.376 e. The number of anilines is 1. The predicted molar refractivity (Wildman–Crippen MR) is 83.6 cm³/mol. The van der Waals surface area contributed by atoms with Gasteiger partial charge in [0.15, 0.2) is 0 Å². The van der Waals surface area contributed by atoms with E-state index in [2.05, 4.69) is 39.6 Å². The zero-order valence-corrected chi connectivity index (χ0v) is 13.1. The van der Waals surface area contributed by atoms with Crippen molar-refractivity contribution in [3.63, 3.8) is 0 Å². The molecule has 0 spiro atoms. The Bertz CT molecular complexity index is 542. The van der Waals surface area contributed by atoms with Crippen LogP contribution in [-0.4, -0.2) is 6.54 Å². The van der Waals surface area contributed by atoms with Crippen molar-refractivity contribution in [2.45, 2.75) is 13.0 Å². The lowest BCUT2D eigenvalue weighted by molar-refractivity contribution is 0.800. The van der Waals surface area contributed by atoms with Crippen LogP contribution in [-0.2, 0) is 0 Å². The average Bonchev–Trinajstić information content (AvgIpc) is 2.77. The molecule has 1 atom stereocenters. The molecule has 0 fully saturated rings. The Balaban J connectivity index is 2.20. The van der Waals surface area contributed by atoms with E-state index in [0.717, 1.165) is 10.2 Å². The first-order chi connectivity index (χ1) is 8.61. The van der Waals surface area contributed by atoms with Crippen LogP contribution in [0.5, 0.6) is 0 Å². The molecule has 0 bridgehead atoms. The van der Waals surface area contributed by atoms with Crippen LogP contribution in [0, 0.1) is 6.92 Å². The highest BCUT2D eigenvalue weighted by atomic mass is 79.9. The number of hydrogen-bond donors (Lipinski definition) is 2. The Morgan fingerprint density at radius 3 is 2.78 bits per heavy atom. The largest absolute Gasteiger partial charge is 0.376 e. The Morgan fingerprint density at radius 2 is 2.22 bits per heavy atom. The average molecular weight is 346 g/mol. The van der Waals surface area contributed by atoms with Gasteiger partial charge in [0.2, 0.25) is 0 Å². The van der Waals surface area contributed by atoms with Crippen LogP contribution in [0.3, 0.4) is 0 Å². The van der Waals surface area contributed by atoms with Gasteiger partial charge >= 0.3 is 0 Å². The monoisotopic (exact) mass is 344 g/mol. The first-order valence-electron chi connectivity index (χ1n) is 5.57. The van der Waals surface area contributed by atoms with E-state index in [0.29, 0.717) is 11.6 Å². The highest BCUT2D eigenvalue weighted by Gasteiger charge is 2.13. The van der Waals surface area contributed by atoms with Crippen LogP contribution in [0.15, 0.2) is 34.1 Å². The van der Waals surface area contributed by atoms with Gasteiger partial charge in [0, 0.05) is 21.6 Å². The number of nitrogens with one attached hydrogen (secondary N) is 1. The van der Waals surface area contributed by atoms with Crippen molar-refractivity contribution in [1.29, 1.82) is 0 Å². The molecule has 1 aromatic heterocycles. The zero-order chi connectivity index (χ0) is 13.1. The molecule has 0 amide bonds. The maximum absolute atomic E-state index is 5.98. The summed E-state index contributed by atoms with van der Waals surface area (Å²) in [5.74, 6) is 0. The number of rotatable bonds is 4.